The lowest BCUT2D eigenvalue weighted by Crippen LogP contribution is -2.17. The summed E-state index contributed by atoms with van der Waals surface area (Å²) in [6.45, 7) is 4.21. The largest absolute Gasteiger partial charge is 0.361 e. The van der Waals surface area contributed by atoms with Crippen LogP contribution < -0.4 is 5.32 Å². The first-order chi connectivity index (χ1) is 6.90. The first-order valence-electron chi connectivity index (χ1n) is 5.21. The zero-order chi connectivity index (χ0) is 9.54. The number of benzene rings is 1. The molecular formula is C12H14N2. The van der Waals surface area contributed by atoms with Gasteiger partial charge in [0.25, 0.3) is 0 Å². The molecule has 0 amide bonds. The van der Waals surface area contributed by atoms with Crippen LogP contribution in [0.15, 0.2) is 18.3 Å². The molecule has 2 aromatic rings. The van der Waals surface area contributed by atoms with Gasteiger partial charge in [-0.25, -0.2) is 0 Å². The van der Waals surface area contributed by atoms with Gasteiger partial charge in [0.05, 0.1) is 0 Å². The third kappa shape index (κ3) is 0.946. The Bertz CT molecular complexity index is 482. The Balaban J connectivity index is 2.40. The van der Waals surface area contributed by atoms with Crippen molar-refractivity contribution in [1.82, 2.24) is 10.3 Å². The van der Waals surface area contributed by atoms with Crippen molar-refractivity contribution in [3.8, 4) is 0 Å². The minimum absolute atomic E-state index is 1.00. The van der Waals surface area contributed by atoms with Crippen LogP contribution in [0, 0.1) is 0 Å². The van der Waals surface area contributed by atoms with E-state index in [1.54, 1.807) is 0 Å². The van der Waals surface area contributed by atoms with E-state index in [-0.39, 0.29) is 0 Å². The third-order valence-electron chi connectivity index (χ3n) is 3.10. The number of H-pyrrole nitrogens is 1. The van der Waals surface area contributed by atoms with Gasteiger partial charge in [-0.3, -0.25) is 0 Å². The Kier molecular flexibility index (Phi) is 1.64. The molecule has 1 aliphatic rings. The van der Waals surface area contributed by atoms with Gasteiger partial charge in [0.1, 0.15) is 0 Å². The van der Waals surface area contributed by atoms with E-state index in [1.807, 2.05) is 0 Å². The average molecular weight is 186 g/mol. The van der Waals surface area contributed by atoms with Crippen LogP contribution in [0.3, 0.4) is 0 Å². The van der Waals surface area contributed by atoms with E-state index < -0.39 is 0 Å². The number of hydrogen-bond donors (Lipinski definition) is 2. The average Bonchev–Trinajstić information content (AvgIpc) is 2.66. The van der Waals surface area contributed by atoms with Crippen LogP contribution in [0.4, 0.5) is 0 Å². The van der Waals surface area contributed by atoms with Crippen LogP contribution in [0.2, 0.25) is 0 Å². The summed E-state index contributed by atoms with van der Waals surface area (Å²) in [5.41, 5.74) is 5.62. The first kappa shape index (κ1) is 8.06. The highest BCUT2D eigenvalue weighted by molar-refractivity contribution is 5.89. The normalized spacial score (nSPS) is 14.9. The van der Waals surface area contributed by atoms with Gasteiger partial charge < -0.3 is 10.3 Å². The van der Waals surface area contributed by atoms with Crippen molar-refractivity contribution < 1.29 is 0 Å². The summed E-state index contributed by atoms with van der Waals surface area (Å²) < 4.78 is 0. The second kappa shape index (κ2) is 2.85. The summed E-state index contributed by atoms with van der Waals surface area (Å²) in [6, 6.07) is 4.50. The molecule has 2 nitrogen and oxygen atoms in total. The molecule has 1 aliphatic heterocycles. The second-order valence-electron chi connectivity index (χ2n) is 3.90. The quantitative estimate of drug-likeness (QED) is 0.703. The lowest BCUT2D eigenvalue weighted by Gasteiger charge is -2.14. The Morgan fingerprint density at radius 3 is 2.93 bits per heavy atom. The minimum atomic E-state index is 1.00. The van der Waals surface area contributed by atoms with Gasteiger partial charge in [0.15, 0.2) is 0 Å². The van der Waals surface area contributed by atoms with E-state index in [0.29, 0.717) is 0 Å². The highest BCUT2D eigenvalue weighted by atomic mass is 14.9. The molecule has 2 heterocycles. The van der Waals surface area contributed by atoms with Gasteiger partial charge in [0, 0.05) is 30.2 Å². The zero-order valence-electron chi connectivity index (χ0n) is 8.35. The van der Waals surface area contributed by atoms with Crippen molar-refractivity contribution in [2.45, 2.75) is 26.4 Å². The number of nitrogens with one attached hydrogen (secondary N) is 2. The molecule has 3 rings (SSSR count). The number of aromatic nitrogens is 1. The van der Waals surface area contributed by atoms with Crippen molar-refractivity contribution in [2.24, 2.45) is 0 Å². The lowest BCUT2D eigenvalue weighted by atomic mass is 9.99. The van der Waals surface area contributed by atoms with Crippen molar-refractivity contribution in [2.75, 3.05) is 0 Å². The van der Waals surface area contributed by atoms with Crippen LogP contribution in [-0.4, -0.2) is 4.98 Å². The predicted molar refractivity (Wildman–Crippen MR) is 58.2 cm³/mol. The van der Waals surface area contributed by atoms with Gasteiger partial charge in [-0.1, -0.05) is 19.1 Å². The van der Waals surface area contributed by atoms with E-state index >= 15 is 0 Å². The molecule has 1 aromatic carbocycles. The standard InChI is InChI=1S/C12H14N2/c1-2-8-3-4-9-5-13-6-10-7-14-12(8)11(9)10/h3-4,7,13-14H,2,5-6H2,1H3. The lowest BCUT2D eigenvalue weighted by molar-refractivity contribution is 0.684. The first-order valence-corrected chi connectivity index (χ1v) is 5.21. The molecule has 0 saturated carbocycles. The van der Waals surface area contributed by atoms with Gasteiger partial charge in [-0.2, -0.15) is 0 Å². The molecule has 2 N–H and O–H groups in total. The molecule has 0 atom stereocenters. The van der Waals surface area contributed by atoms with Crippen molar-refractivity contribution in [1.29, 1.82) is 0 Å². The van der Waals surface area contributed by atoms with Crippen molar-refractivity contribution >= 4 is 10.9 Å². The highest BCUT2D eigenvalue weighted by Gasteiger charge is 2.14. The fraction of sp³-hybridized carbons (Fsp3) is 0.333. The number of aromatic amines is 1. The monoisotopic (exact) mass is 186 g/mol. The maximum atomic E-state index is 3.40. The van der Waals surface area contributed by atoms with Crippen LogP contribution in [0.1, 0.15) is 23.6 Å². The summed E-state index contributed by atoms with van der Waals surface area (Å²) in [7, 11) is 0. The smallest absolute Gasteiger partial charge is 0.0493 e. The van der Waals surface area contributed by atoms with E-state index in [4.69, 9.17) is 0 Å². The second-order valence-corrected chi connectivity index (χ2v) is 3.90. The van der Waals surface area contributed by atoms with Crippen LogP contribution in [0.5, 0.6) is 0 Å². The molecule has 0 radical (unpaired) electrons. The SMILES string of the molecule is CCc1ccc2c3c(c[nH]c13)CNC2. The topological polar surface area (TPSA) is 27.8 Å². The third-order valence-corrected chi connectivity index (χ3v) is 3.10. The molecule has 1 aromatic heterocycles. The molecule has 0 spiro atoms. The Hall–Kier alpha value is -1.28. The molecule has 14 heavy (non-hydrogen) atoms. The molecule has 0 saturated heterocycles. The van der Waals surface area contributed by atoms with Crippen LogP contribution in [0.25, 0.3) is 10.9 Å². The molecule has 0 unspecified atom stereocenters. The zero-order valence-corrected chi connectivity index (χ0v) is 8.35. The van der Waals surface area contributed by atoms with Gasteiger partial charge in [-0.05, 0) is 23.1 Å². The predicted octanol–water partition coefficient (Wildman–Crippen LogP) is 2.33. The number of hydrogen-bond acceptors (Lipinski definition) is 1. The van der Waals surface area contributed by atoms with E-state index in [1.165, 1.54) is 27.6 Å². The van der Waals surface area contributed by atoms with Gasteiger partial charge in [0.2, 0.25) is 0 Å². The molecule has 0 aliphatic carbocycles. The molecule has 0 fully saturated rings. The summed E-state index contributed by atoms with van der Waals surface area (Å²) in [4.78, 5) is 3.40. The fourth-order valence-corrected chi connectivity index (χ4v) is 2.37. The highest BCUT2D eigenvalue weighted by Crippen LogP contribution is 2.28. The number of aryl methyl sites for hydroxylation is 1. The maximum Gasteiger partial charge on any atom is 0.0493 e. The fourth-order valence-electron chi connectivity index (χ4n) is 2.37. The van der Waals surface area contributed by atoms with E-state index in [2.05, 4.69) is 35.6 Å². The molecule has 2 heteroatoms. The Morgan fingerprint density at radius 1 is 1.21 bits per heavy atom. The van der Waals surface area contributed by atoms with Gasteiger partial charge >= 0.3 is 0 Å². The molecule has 72 valence electrons. The maximum absolute atomic E-state index is 3.40. The molecule has 0 bridgehead atoms. The van der Waals surface area contributed by atoms with Crippen LogP contribution >= 0.6 is 0 Å². The summed E-state index contributed by atoms with van der Waals surface area (Å²) in [6.07, 6.45) is 3.24. The van der Waals surface area contributed by atoms with E-state index in [9.17, 15) is 0 Å². The molecular weight excluding hydrogens is 172 g/mol. The Morgan fingerprint density at radius 2 is 2.07 bits per heavy atom. The van der Waals surface area contributed by atoms with Gasteiger partial charge in [-0.15, -0.1) is 0 Å². The van der Waals surface area contributed by atoms with Crippen molar-refractivity contribution in [3.63, 3.8) is 0 Å². The van der Waals surface area contributed by atoms with Crippen LogP contribution in [-0.2, 0) is 19.5 Å². The minimum Gasteiger partial charge on any atom is -0.361 e. The summed E-state index contributed by atoms with van der Waals surface area (Å²) in [5, 5.41) is 4.87. The Labute approximate surface area is 83.3 Å². The van der Waals surface area contributed by atoms with E-state index in [0.717, 1.165) is 19.5 Å². The summed E-state index contributed by atoms with van der Waals surface area (Å²) in [5.74, 6) is 0. The summed E-state index contributed by atoms with van der Waals surface area (Å²) >= 11 is 0. The van der Waals surface area contributed by atoms with Crippen molar-refractivity contribution in [3.05, 3.63) is 35.0 Å². The number of rotatable bonds is 1.